The fourth-order valence-electron chi connectivity index (χ4n) is 2.08. The van der Waals surface area contributed by atoms with E-state index in [1.807, 2.05) is 0 Å². The van der Waals surface area contributed by atoms with E-state index in [4.69, 9.17) is 16.7 Å². The Morgan fingerprint density at radius 1 is 1.19 bits per heavy atom. The predicted molar refractivity (Wildman–Crippen MR) is 97.6 cm³/mol. The van der Waals surface area contributed by atoms with Crippen LogP contribution in [0.25, 0.3) is 0 Å². The Bertz CT molecular complexity index is 780. The number of anilines is 2. The number of hydrazine groups is 1. The van der Waals surface area contributed by atoms with Gasteiger partial charge in [0.25, 0.3) is 0 Å². The molecule has 0 aliphatic carbocycles. The van der Waals surface area contributed by atoms with Gasteiger partial charge in [0.1, 0.15) is 0 Å². The highest BCUT2D eigenvalue weighted by Gasteiger charge is 2.29. The van der Waals surface area contributed by atoms with Crippen LogP contribution in [-0.2, 0) is 6.18 Å². The average molecular weight is 432 g/mol. The van der Waals surface area contributed by atoms with Crippen LogP contribution >= 0.6 is 15.9 Å². The first-order valence-electron chi connectivity index (χ1n) is 7.42. The molecule has 26 heavy (non-hydrogen) atoms. The molecule has 0 amide bonds. The summed E-state index contributed by atoms with van der Waals surface area (Å²) in [6.45, 7) is -0.0984. The normalized spacial score (nSPS) is 12.2. The smallest absolute Gasteiger partial charge is 0.394 e. The van der Waals surface area contributed by atoms with E-state index in [1.54, 1.807) is 18.2 Å². The van der Waals surface area contributed by atoms with Crippen molar-refractivity contribution in [1.29, 1.82) is 0 Å². The summed E-state index contributed by atoms with van der Waals surface area (Å²) in [5, 5.41) is 16.8. The SMILES string of the molecule is N/C(=N\N(N)CCO)c1cc(Br)ccc1Nc1ccc(C(F)(F)F)cc1. The van der Waals surface area contributed by atoms with E-state index >= 15 is 0 Å². The van der Waals surface area contributed by atoms with Crippen molar-refractivity contribution in [2.75, 3.05) is 18.5 Å². The summed E-state index contributed by atoms with van der Waals surface area (Å²) in [7, 11) is 0. The Labute approximate surface area is 156 Å². The highest BCUT2D eigenvalue weighted by Crippen LogP contribution is 2.31. The fourth-order valence-corrected chi connectivity index (χ4v) is 2.44. The van der Waals surface area contributed by atoms with Crippen LogP contribution < -0.4 is 16.9 Å². The van der Waals surface area contributed by atoms with Crippen LogP contribution in [0.5, 0.6) is 0 Å². The third-order valence-electron chi connectivity index (χ3n) is 3.31. The lowest BCUT2D eigenvalue weighted by Crippen LogP contribution is -2.32. The second-order valence-electron chi connectivity index (χ2n) is 5.26. The number of halogens is 4. The second kappa shape index (κ2) is 8.39. The molecule has 0 aromatic heterocycles. The maximum Gasteiger partial charge on any atom is 0.416 e. The summed E-state index contributed by atoms with van der Waals surface area (Å²) < 4.78 is 38.7. The molecule has 0 heterocycles. The third-order valence-corrected chi connectivity index (χ3v) is 3.81. The zero-order valence-corrected chi connectivity index (χ0v) is 15.0. The minimum atomic E-state index is -4.39. The van der Waals surface area contributed by atoms with Gasteiger partial charge in [0.05, 0.1) is 18.7 Å². The monoisotopic (exact) mass is 431 g/mol. The number of hydrogen-bond donors (Lipinski definition) is 4. The van der Waals surface area contributed by atoms with Gasteiger partial charge in [0.15, 0.2) is 5.84 Å². The van der Waals surface area contributed by atoms with E-state index in [-0.39, 0.29) is 19.0 Å². The van der Waals surface area contributed by atoms with Crippen LogP contribution in [0.15, 0.2) is 52.0 Å². The summed E-state index contributed by atoms with van der Waals surface area (Å²) in [4.78, 5) is 0. The average Bonchev–Trinajstić information content (AvgIpc) is 2.56. The molecule has 0 bridgehead atoms. The fraction of sp³-hybridized carbons (Fsp3) is 0.188. The molecule has 0 spiro atoms. The number of rotatable bonds is 6. The van der Waals surface area contributed by atoms with E-state index in [1.165, 1.54) is 12.1 Å². The molecular formula is C16H17BrF3N5O. The van der Waals surface area contributed by atoms with Gasteiger partial charge in [-0.2, -0.15) is 13.2 Å². The minimum Gasteiger partial charge on any atom is -0.394 e. The zero-order valence-electron chi connectivity index (χ0n) is 13.5. The lowest BCUT2D eigenvalue weighted by atomic mass is 10.1. The molecule has 10 heteroatoms. The largest absolute Gasteiger partial charge is 0.416 e. The number of nitrogens with two attached hydrogens (primary N) is 2. The van der Waals surface area contributed by atoms with Crippen molar-refractivity contribution in [3.8, 4) is 0 Å². The van der Waals surface area contributed by atoms with Gasteiger partial charge in [-0.1, -0.05) is 15.9 Å². The van der Waals surface area contributed by atoms with Crippen LogP contribution in [-0.4, -0.2) is 29.2 Å². The first-order valence-corrected chi connectivity index (χ1v) is 8.21. The molecule has 6 nitrogen and oxygen atoms in total. The number of amidine groups is 1. The molecular weight excluding hydrogens is 415 g/mol. The summed E-state index contributed by atoms with van der Waals surface area (Å²) >= 11 is 3.33. The Kier molecular flexibility index (Phi) is 6.46. The summed E-state index contributed by atoms with van der Waals surface area (Å²) in [5.41, 5.74) is 6.71. The molecule has 0 saturated carbocycles. The molecule has 0 aliphatic heterocycles. The second-order valence-corrected chi connectivity index (χ2v) is 6.18. The highest BCUT2D eigenvalue weighted by molar-refractivity contribution is 9.10. The Morgan fingerprint density at radius 2 is 1.85 bits per heavy atom. The standard InChI is InChI=1S/C16H17BrF3N5O/c17-11-3-6-14(13(9-11)15(21)24-25(22)7-8-26)23-12-4-1-10(2-5-12)16(18,19)20/h1-6,9,23,26H,7-8,22H2,(H2,21,24). The van der Waals surface area contributed by atoms with Crippen LogP contribution in [0.1, 0.15) is 11.1 Å². The molecule has 2 aromatic rings. The third kappa shape index (κ3) is 5.35. The number of hydrogen-bond acceptors (Lipinski definition) is 5. The van der Waals surface area contributed by atoms with Crippen molar-refractivity contribution in [1.82, 2.24) is 5.12 Å². The van der Waals surface area contributed by atoms with Gasteiger partial charge in [-0.15, -0.1) is 5.10 Å². The van der Waals surface area contributed by atoms with Crippen molar-refractivity contribution in [2.45, 2.75) is 6.18 Å². The number of hydrazone groups is 1. The van der Waals surface area contributed by atoms with Gasteiger partial charge >= 0.3 is 6.18 Å². The van der Waals surface area contributed by atoms with Crippen molar-refractivity contribution in [3.05, 3.63) is 58.1 Å². The summed E-state index contributed by atoms with van der Waals surface area (Å²) in [5.74, 6) is 5.67. The van der Waals surface area contributed by atoms with Gasteiger partial charge in [0.2, 0.25) is 0 Å². The molecule has 0 aliphatic rings. The van der Waals surface area contributed by atoms with E-state index < -0.39 is 11.7 Å². The van der Waals surface area contributed by atoms with E-state index in [2.05, 4.69) is 26.3 Å². The van der Waals surface area contributed by atoms with Gasteiger partial charge in [0, 0.05) is 21.4 Å². The molecule has 0 unspecified atom stereocenters. The highest BCUT2D eigenvalue weighted by atomic mass is 79.9. The van der Waals surface area contributed by atoms with Crippen molar-refractivity contribution in [3.63, 3.8) is 0 Å². The quantitative estimate of drug-likeness (QED) is 0.244. The van der Waals surface area contributed by atoms with E-state index in [0.717, 1.165) is 21.7 Å². The topological polar surface area (TPSA) is 99.9 Å². The van der Waals surface area contributed by atoms with Gasteiger partial charge in [-0.3, -0.25) is 0 Å². The molecule has 6 N–H and O–H groups in total. The van der Waals surface area contributed by atoms with Crippen LogP contribution in [0.2, 0.25) is 0 Å². The molecule has 0 fully saturated rings. The molecule has 0 atom stereocenters. The van der Waals surface area contributed by atoms with Gasteiger partial charge in [-0.25, -0.2) is 11.0 Å². The van der Waals surface area contributed by atoms with Crippen molar-refractivity contribution >= 4 is 33.1 Å². The van der Waals surface area contributed by atoms with E-state index in [0.29, 0.717) is 16.9 Å². The number of nitrogens with one attached hydrogen (secondary N) is 1. The van der Waals surface area contributed by atoms with Crippen molar-refractivity contribution in [2.24, 2.45) is 16.7 Å². The number of aliphatic hydroxyl groups is 1. The Balaban J connectivity index is 2.30. The van der Waals surface area contributed by atoms with Crippen LogP contribution in [0, 0.1) is 0 Å². The van der Waals surface area contributed by atoms with Gasteiger partial charge < -0.3 is 16.2 Å². The summed E-state index contributed by atoms with van der Waals surface area (Å²) in [6, 6.07) is 9.76. The predicted octanol–water partition coefficient (Wildman–Crippen LogP) is 3.00. The maximum atomic E-state index is 12.7. The molecule has 2 rings (SSSR count). The molecule has 2 aromatic carbocycles. The molecule has 140 valence electrons. The summed E-state index contributed by atoms with van der Waals surface area (Å²) in [6.07, 6.45) is -4.39. The zero-order chi connectivity index (χ0) is 19.3. The maximum absolute atomic E-state index is 12.7. The van der Waals surface area contributed by atoms with Gasteiger partial charge in [-0.05, 0) is 42.5 Å². The molecule has 0 saturated heterocycles. The lowest BCUT2D eigenvalue weighted by Gasteiger charge is -2.16. The van der Waals surface area contributed by atoms with Crippen LogP contribution in [0.3, 0.4) is 0 Å². The van der Waals surface area contributed by atoms with E-state index in [9.17, 15) is 13.2 Å². The lowest BCUT2D eigenvalue weighted by molar-refractivity contribution is -0.137. The van der Waals surface area contributed by atoms with Crippen molar-refractivity contribution < 1.29 is 18.3 Å². The number of nitrogens with zero attached hydrogens (tertiary/aromatic N) is 2. The Morgan fingerprint density at radius 3 is 2.42 bits per heavy atom. The molecule has 0 radical (unpaired) electrons. The number of alkyl halides is 3. The number of benzene rings is 2. The first-order chi connectivity index (χ1) is 12.2. The Hall–Kier alpha value is -2.30. The minimum absolute atomic E-state index is 0.0802. The van der Waals surface area contributed by atoms with Crippen LogP contribution in [0.4, 0.5) is 24.5 Å². The first kappa shape index (κ1) is 20.0. The number of aliphatic hydroxyl groups excluding tert-OH is 1.